The number of hydrogen-bond acceptors (Lipinski definition) is 3. The van der Waals surface area contributed by atoms with E-state index < -0.39 is 15.8 Å². The van der Waals surface area contributed by atoms with Gasteiger partial charge in [0.15, 0.2) is 0 Å². The summed E-state index contributed by atoms with van der Waals surface area (Å²) in [5.41, 5.74) is 0.343. The summed E-state index contributed by atoms with van der Waals surface area (Å²) < 4.78 is 42.1. The topological polar surface area (TPSA) is 64.0 Å². The molecular weight excluding hydrogens is 417 g/mol. The molecule has 0 aliphatic heterocycles. The fourth-order valence-corrected chi connectivity index (χ4v) is 5.14. The lowest BCUT2D eigenvalue weighted by Crippen LogP contribution is -2.14. The number of nitrogens with one attached hydrogen (secondary N) is 1. The van der Waals surface area contributed by atoms with Crippen molar-refractivity contribution in [3.05, 3.63) is 39.3 Å². The Balaban J connectivity index is 2.40. The zero-order valence-corrected chi connectivity index (χ0v) is 14.3. The third-order valence-electron chi connectivity index (χ3n) is 2.44. The highest BCUT2D eigenvalue weighted by Crippen LogP contribution is 2.32. The maximum atomic E-state index is 13.2. The molecule has 0 bridgehead atoms. The predicted molar refractivity (Wildman–Crippen MR) is 80.5 cm³/mol. The summed E-state index contributed by atoms with van der Waals surface area (Å²) in [6, 6.07) is 2.18. The van der Waals surface area contributed by atoms with Crippen molar-refractivity contribution in [2.24, 2.45) is 0 Å². The number of anilines is 1. The molecule has 0 radical (unpaired) electrons. The molecule has 5 nitrogen and oxygen atoms in total. The van der Waals surface area contributed by atoms with Crippen molar-refractivity contribution in [2.75, 3.05) is 4.72 Å². The average molecular weight is 427 g/mol. The normalized spacial score (nSPS) is 11.6. The average Bonchev–Trinajstić information content (AvgIpc) is 2.73. The van der Waals surface area contributed by atoms with Gasteiger partial charge in [0, 0.05) is 21.7 Å². The number of rotatable bonds is 4. The molecule has 0 spiro atoms. The minimum atomic E-state index is -3.85. The first-order valence-electron chi connectivity index (χ1n) is 5.53. The fourth-order valence-electron chi connectivity index (χ4n) is 1.58. The van der Waals surface area contributed by atoms with E-state index in [9.17, 15) is 12.8 Å². The molecule has 20 heavy (non-hydrogen) atoms. The Morgan fingerprint density at radius 3 is 2.45 bits per heavy atom. The van der Waals surface area contributed by atoms with Crippen LogP contribution in [0.1, 0.15) is 6.92 Å². The molecule has 1 N–H and O–H groups in total. The van der Waals surface area contributed by atoms with E-state index in [4.69, 9.17) is 0 Å². The number of halogens is 3. The van der Waals surface area contributed by atoms with Crippen LogP contribution in [0.5, 0.6) is 0 Å². The van der Waals surface area contributed by atoms with Gasteiger partial charge in [-0.1, -0.05) is 0 Å². The van der Waals surface area contributed by atoms with E-state index >= 15 is 0 Å². The quantitative estimate of drug-likeness (QED) is 0.815. The van der Waals surface area contributed by atoms with E-state index in [2.05, 4.69) is 41.7 Å². The maximum absolute atomic E-state index is 13.2. The molecule has 0 amide bonds. The summed E-state index contributed by atoms with van der Waals surface area (Å²) in [7, 11) is -3.85. The Kier molecular flexibility index (Phi) is 4.50. The van der Waals surface area contributed by atoms with Crippen LogP contribution >= 0.6 is 31.9 Å². The minimum absolute atomic E-state index is 0.0665. The minimum Gasteiger partial charge on any atom is -0.276 e. The Hall–Kier alpha value is -0.930. The lowest BCUT2D eigenvalue weighted by molar-refractivity contribution is 0.598. The van der Waals surface area contributed by atoms with Crippen LogP contribution in [0.25, 0.3) is 0 Å². The van der Waals surface area contributed by atoms with Gasteiger partial charge in [0.25, 0.3) is 10.0 Å². The summed E-state index contributed by atoms with van der Waals surface area (Å²) in [6.07, 6.45) is 2.98. The second-order valence-electron chi connectivity index (χ2n) is 3.89. The molecule has 2 aromatic rings. The highest BCUT2D eigenvalue weighted by molar-refractivity contribution is 9.11. The Morgan fingerprint density at radius 1 is 1.35 bits per heavy atom. The van der Waals surface area contributed by atoms with Crippen molar-refractivity contribution in [2.45, 2.75) is 18.4 Å². The second kappa shape index (κ2) is 5.82. The van der Waals surface area contributed by atoms with Gasteiger partial charge >= 0.3 is 0 Å². The van der Waals surface area contributed by atoms with E-state index in [-0.39, 0.29) is 13.8 Å². The molecule has 108 valence electrons. The number of nitrogens with zero attached hydrogens (tertiary/aromatic N) is 2. The second-order valence-corrected chi connectivity index (χ2v) is 7.22. The lowest BCUT2D eigenvalue weighted by Gasteiger charge is -2.10. The number of aromatic nitrogens is 2. The third kappa shape index (κ3) is 3.21. The van der Waals surface area contributed by atoms with Crippen molar-refractivity contribution in [3.8, 4) is 0 Å². The van der Waals surface area contributed by atoms with Crippen LogP contribution in [-0.4, -0.2) is 18.2 Å². The zero-order valence-electron chi connectivity index (χ0n) is 10.3. The predicted octanol–water partition coefficient (Wildman–Crippen LogP) is 3.37. The fraction of sp³-hybridized carbons (Fsp3) is 0.182. The van der Waals surface area contributed by atoms with Crippen LogP contribution in [0.3, 0.4) is 0 Å². The first-order valence-corrected chi connectivity index (χ1v) is 8.60. The SMILES string of the molecule is CCn1cc(NS(=O)(=O)c2c(Br)cc(F)cc2Br)cn1. The van der Waals surface area contributed by atoms with E-state index in [0.29, 0.717) is 12.2 Å². The standard InChI is InChI=1S/C11H10Br2FN3O2S/c1-2-17-6-8(5-15-17)16-20(18,19)11-9(12)3-7(14)4-10(11)13/h3-6,16H,2H2,1H3. The first kappa shape index (κ1) is 15.5. The van der Waals surface area contributed by atoms with Gasteiger partial charge in [0.2, 0.25) is 0 Å². The van der Waals surface area contributed by atoms with Gasteiger partial charge in [0.05, 0.1) is 11.9 Å². The molecule has 1 aromatic heterocycles. The summed E-state index contributed by atoms with van der Waals surface area (Å²) in [6.45, 7) is 2.52. The van der Waals surface area contributed by atoms with Crippen LogP contribution in [-0.2, 0) is 16.6 Å². The highest BCUT2D eigenvalue weighted by atomic mass is 79.9. The molecule has 0 saturated heterocycles. The molecule has 0 aliphatic carbocycles. The van der Waals surface area contributed by atoms with E-state index in [0.717, 1.165) is 12.1 Å². The molecule has 0 fully saturated rings. The van der Waals surface area contributed by atoms with Crippen molar-refractivity contribution < 1.29 is 12.8 Å². The smallest absolute Gasteiger partial charge is 0.264 e. The summed E-state index contributed by atoms with van der Waals surface area (Å²) in [5, 5.41) is 3.98. The van der Waals surface area contributed by atoms with E-state index in [1.807, 2.05) is 6.92 Å². The van der Waals surface area contributed by atoms with Crippen LogP contribution in [0, 0.1) is 5.82 Å². The van der Waals surface area contributed by atoms with Crippen LogP contribution in [0.4, 0.5) is 10.1 Å². The van der Waals surface area contributed by atoms with Crippen LogP contribution in [0.2, 0.25) is 0 Å². The van der Waals surface area contributed by atoms with Gasteiger partial charge < -0.3 is 0 Å². The lowest BCUT2D eigenvalue weighted by atomic mass is 10.3. The summed E-state index contributed by atoms with van der Waals surface area (Å²) >= 11 is 6.11. The molecule has 0 saturated carbocycles. The Bertz CT molecular complexity index is 723. The van der Waals surface area contributed by atoms with Gasteiger partial charge in [-0.15, -0.1) is 0 Å². The molecule has 1 aromatic carbocycles. The van der Waals surface area contributed by atoms with Gasteiger partial charge in [-0.25, -0.2) is 12.8 Å². The van der Waals surface area contributed by atoms with Crippen molar-refractivity contribution in [1.82, 2.24) is 9.78 Å². The zero-order chi connectivity index (χ0) is 14.9. The number of aryl methyl sites for hydroxylation is 1. The molecule has 2 rings (SSSR count). The molecule has 0 aliphatic rings. The Labute approximate surface area is 132 Å². The van der Waals surface area contributed by atoms with Crippen LogP contribution in [0.15, 0.2) is 38.4 Å². The molecule has 0 atom stereocenters. The van der Waals surface area contributed by atoms with E-state index in [1.54, 1.807) is 10.9 Å². The Morgan fingerprint density at radius 2 is 1.95 bits per heavy atom. The molecule has 9 heteroatoms. The van der Waals surface area contributed by atoms with Crippen molar-refractivity contribution in [3.63, 3.8) is 0 Å². The summed E-state index contributed by atoms with van der Waals surface area (Å²) in [5.74, 6) is -0.540. The molecule has 0 unspecified atom stereocenters. The highest BCUT2D eigenvalue weighted by Gasteiger charge is 2.22. The summed E-state index contributed by atoms with van der Waals surface area (Å²) in [4.78, 5) is -0.0665. The number of benzene rings is 1. The largest absolute Gasteiger partial charge is 0.276 e. The van der Waals surface area contributed by atoms with Crippen molar-refractivity contribution >= 4 is 47.6 Å². The van der Waals surface area contributed by atoms with Crippen LogP contribution < -0.4 is 4.72 Å². The monoisotopic (exact) mass is 425 g/mol. The maximum Gasteiger partial charge on any atom is 0.264 e. The van der Waals surface area contributed by atoms with Gasteiger partial charge in [0.1, 0.15) is 10.7 Å². The molecule has 1 heterocycles. The van der Waals surface area contributed by atoms with Gasteiger partial charge in [-0.2, -0.15) is 5.10 Å². The van der Waals surface area contributed by atoms with Gasteiger partial charge in [-0.05, 0) is 50.9 Å². The van der Waals surface area contributed by atoms with Crippen molar-refractivity contribution in [1.29, 1.82) is 0 Å². The number of sulfonamides is 1. The number of hydrogen-bond donors (Lipinski definition) is 1. The molecular formula is C11H10Br2FN3O2S. The van der Waals surface area contributed by atoms with E-state index in [1.165, 1.54) is 6.20 Å². The first-order chi connectivity index (χ1) is 9.33. The van der Waals surface area contributed by atoms with Gasteiger partial charge in [-0.3, -0.25) is 9.40 Å². The third-order valence-corrected chi connectivity index (χ3v) is 5.70.